The van der Waals surface area contributed by atoms with E-state index in [0.29, 0.717) is 11.8 Å². The van der Waals surface area contributed by atoms with Crippen molar-refractivity contribution in [2.75, 3.05) is 13.1 Å². The number of aromatic nitrogens is 4. The lowest BCUT2D eigenvalue weighted by Crippen LogP contribution is -2.36. The summed E-state index contributed by atoms with van der Waals surface area (Å²) in [6.45, 7) is 4.83. The van der Waals surface area contributed by atoms with E-state index < -0.39 is 0 Å². The highest BCUT2D eigenvalue weighted by molar-refractivity contribution is 7.13. The summed E-state index contributed by atoms with van der Waals surface area (Å²) in [6.07, 6.45) is 4.67. The summed E-state index contributed by atoms with van der Waals surface area (Å²) in [6, 6.07) is 4.09. The predicted molar refractivity (Wildman–Crippen MR) is 101 cm³/mol. The monoisotopic (exact) mass is 385 g/mol. The summed E-state index contributed by atoms with van der Waals surface area (Å²) in [5.41, 5.74) is 1.02. The second-order valence-electron chi connectivity index (χ2n) is 7.70. The first kappa shape index (κ1) is 17.1. The number of likely N-dealkylation sites (tertiary alicyclic amines) is 1. The Bertz CT molecular complexity index is 892. The number of thiophene rings is 1. The maximum atomic E-state index is 10.6. The van der Waals surface area contributed by atoms with Gasteiger partial charge >= 0.3 is 0 Å². The molecular formula is C19H23N5O2S. The van der Waals surface area contributed by atoms with Crippen molar-refractivity contribution in [1.29, 1.82) is 0 Å². The summed E-state index contributed by atoms with van der Waals surface area (Å²) in [4.78, 5) is 12.3. The molecule has 1 saturated heterocycles. The second-order valence-corrected chi connectivity index (χ2v) is 8.64. The first-order valence-electron chi connectivity index (χ1n) is 9.42. The topological polar surface area (TPSA) is 80.2 Å². The fourth-order valence-electron chi connectivity index (χ4n) is 4.60. The minimum absolute atomic E-state index is 0.0351. The van der Waals surface area contributed by atoms with Gasteiger partial charge in [-0.15, -0.1) is 11.3 Å². The van der Waals surface area contributed by atoms with Gasteiger partial charge in [0, 0.05) is 19.6 Å². The van der Waals surface area contributed by atoms with E-state index in [4.69, 9.17) is 9.40 Å². The van der Waals surface area contributed by atoms with Crippen molar-refractivity contribution in [3.63, 3.8) is 0 Å². The number of fused-ring (bicyclic) bond motifs is 1. The lowest BCUT2D eigenvalue weighted by atomic mass is 9.77. The summed E-state index contributed by atoms with van der Waals surface area (Å²) >= 11 is 1.65. The third-order valence-electron chi connectivity index (χ3n) is 5.96. The largest absolute Gasteiger partial charge is 0.440 e. The summed E-state index contributed by atoms with van der Waals surface area (Å²) in [7, 11) is 0. The molecule has 0 radical (unpaired) electrons. The number of hydrogen-bond donors (Lipinski definition) is 1. The van der Waals surface area contributed by atoms with Crippen LogP contribution in [-0.2, 0) is 6.54 Å². The Kier molecular flexibility index (Phi) is 4.34. The molecule has 1 aliphatic carbocycles. The number of hydrogen-bond acceptors (Lipinski definition) is 7. The smallest absolute Gasteiger partial charge is 0.236 e. The van der Waals surface area contributed by atoms with E-state index in [1.165, 1.54) is 6.33 Å². The fraction of sp³-hybridized carbons (Fsp3) is 0.526. The Morgan fingerprint density at radius 2 is 2.15 bits per heavy atom. The molecule has 4 heterocycles. The molecule has 0 bridgehead atoms. The highest BCUT2D eigenvalue weighted by Crippen LogP contribution is 2.41. The van der Waals surface area contributed by atoms with Crippen LogP contribution in [0.2, 0.25) is 0 Å². The molecule has 142 valence electrons. The van der Waals surface area contributed by atoms with Crippen LogP contribution in [0, 0.1) is 18.8 Å². The Morgan fingerprint density at radius 3 is 2.89 bits per heavy atom. The number of aryl methyl sites for hydroxylation is 1. The van der Waals surface area contributed by atoms with Crippen LogP contribution in [0.1, 0.15) is 30.3 Å². The molecule has 8 heteroatoms. The van der Waals surface area contributed by atoms with Crippen LogP contribution in [-0.4, -0.2) is 48.9 Å². The minimum Gasteiger partial charge on any atom is -0.440 e. The fourth-order valence-corrected chi connectivity index (χ4v) is 5.25. The van der Waals surface area contributed by atoms with Gasteiger partial charge in [-0.2, -0.15) is 5.10 Å². The average molecular weight is 385 g/mol. The molecule has 2 fully saturated rings. The molecule has 1 aliphatic heterocycles. The van der Waals surface area contributed by atoms with Gasteiger partial charge in [0.1, 0.15) is 18.4 Å². The quantitative estimate of drug-likeness (QED) is 0.744. The molecule has 5 rings (SSSR count). The highest BCUT2D eigenvalue weighted by Gasteiger charge is 2.42. The van der Waals surface area contributed by atoms with Crippen molar-refractivity contribution in [3.05, 3.63) is 41.6 Å². The average Bonchev–Trinajstić information content (AvgIpc) is 3.42. The molecule has 0 aromatic carbocycles. The molecule has 1 saturated carbocycles. The summed E-state index contributed by atoms with van der Waals surface area (Å²) in [5, 5.41) is 16.9. The number of rotatable bonds is 4. The molecule has 4 atom stereocenters. The Hall–Kier alpha value is -2.03. The van der Waals surface area contributed by atoms with Crippen molar-refractivity contribution >= 4 is 11.3 Å². The second kappa shape index (κ2) is 6.85. The van der Waals surface area contributed by atoms with Crippen molar-refractivity contribution in [1.82, 2.24) is 24.6 Å². The molecule has 0 spiro atoms. The van der Waals surface area contributed by atoms with Gasteiger partial charge in [-0.05, 0) is 43.0 Å². The summed E-state index contributed by atoms with van der Waals surface area (Å²) in [5.74, 6) is 2.72. The maximum absolute atomic E-state index is 10.6. The molecule has 0 unspecified atom stereocenters. The molecule has 7 nitrogen and oxygen atoms in total. The Morgan fingerprint density at radius 1 is 1.30 bits per heavy atom. The summed E-state index contributed by atoms with van der Waals surface area (Å²) < 4.78 is 7.70. The van der Waals surface area contributed by atoms with E-state index in [1.807, 2.05) is 29.1 Å². The standard InChI is InChI=1S/C19H23N5O2S/c1-12-15(22-19(26-12)18-3-2-4-27-18)9-23-7-13-5-16(24-11-20-10-21-24)17(25)6-14(13)8-23/h2-4,10-11,13-14,16-17,25H,5-9H2,1H3/t13-,14+,16-,17-/m1/s1. The molecule has 2 aliphatic rings. The lowest BCUT2D eigenvalue weighted by molar-refractivity contribution is 0.0304. The Labute approximate surface area is 161 Å². The van der Waals surface area contributed by atoms with E-state index in [2.05, 4.69) is 15.0 Å². The van der Waals surface area contributed by atoms with Crippen LogP contribution >= 0.6 is 11.3 Å². The van der Waals surface area contributed by atoms with Crippen molar-refractivity contribution in [2.45, 2.75) is 38.5 Å². The first-order valence-corrected chi connectivity index (χ1v) is 10.3. The van der Waals surface area contributed by atoms with E-state index in [-0.39, 0.29) is 12.1 Å². The van der Waals surface area contributed by atoms with Crippen molar-refractivity contribution in [2.24, 2.45) is 11.8 Å². The van der Waals surface area contributed by atoms with E-state index >= 15 is 0 Å². The number of aliphatic hydroxyl groups excluding tert-OH is 1. The lowest BCUT2D eigenvalue weighted by Gasteiger charge is -2.35. The third-order valence-corrected chi connectivity index (χ3v) is 6.82. The molecule has 0 amide bonds. The van der Waals surface area contributed by atoms with Crippen LogP contribution in [0.25, 0.3) is 10.8 Å². The normalized spacial score (nSPS) is 28.5. The predicted octanol–water partition coefficient (Wildman–Crippen LogP) is 2.75. The minimum atomic E-state index is -0.355. The van der Waals surface area contributed by atoms with Crippen molar-refractivity contribution < 1.29 is 9.52 Å². The SMILES string of the molecule is Cc1oc(-c2cccs2)nc1CN1C[C@H]2C[C@@H](n3cncn3)[C@H](O)C[C@H]2C1. The van der Waals surface area contributed by atoms with Gasteiger partial charge in [-0.3, -0.25) is 4.90 Å². The van der Waals surface area contributed by atoms with E-state index in [1.54, 1.807) is 17.7 Å². The third kappa shape index (κ3) is 3.22. The van der Waals surface area contributed by atoms with Crippen molar-refractivity contribution in [3.8, 4) is 10.8 Å². The molecule has 3 aromatic heterocycles. The van der Waals surface area contributed by atoms with Gasteiger partial charge in [-0.25, -0.2) is 14.6 Å². The first-order chi connectivity index (χ1) is 13.2. The number of aliphatic hydroxyl groups is 1. The zero-order valence-electron chi connectivity index (χ0n) is 15.2. The van der Waals surface area contributed by atoms with Crippen LogP contribution in [0.5, 0.6) is 0 Å². The maximum Gasteiger partial charge on any atom is 0.236 e. The van der Waals surface area contributed by atoms with Gasteiger partial charge < -0.3 is 9.52 Å². The van der Waals surface area contributed by atoms with Gasteiger partial charge in [0.15, 0.2) is 0 Å². The van der Waals surface area contributed by atoms with Crippen LogP contribution in [0.15, 0.2) is 34.6 Å². The molecular weight excluding hydrogens is 362 g/mol. The zero-order valence-corrected chi connectivity index (χ0v) is 16.0. The zero-order chi connectivity index (χ0) is 18.4. The van der Waals surface area contributed by atoms with Crippen LogP contribution < -0.4 is 0 Å². The van der Waals surface area contributed by atoms with Gasteiger partial charge in [0.05, 0.1) is 22.7 Å². The Balaban J connectivity index is 1.28. The van der Waals surface area contributed by atoms with Gasteiger partial charge in [0.25, 0.3) is 0 Å². The molecule has 3 aromatic rings. The van der Waals surface area contributed by atoms with Gasteiger partial charge in [0.2, 0.25) is 5.89 Å². The number of nitrogens with zero attached hydrogens (tertiary/aromatic N) is 5. The van der Waals surface area contributed by atoms with Gasteiger partial charge in [-0.1, -0.05) is 6.07 Å². The molecule has 27 heavy (non-hydrogen) atoms. The highest BCUT2D eigenvalue weighted by atomic mass is 32.1. The molecule has 1 N–H and O–H groups in total. The van der Waals surface area contributed by atoms with Crippen LogP contribution in [0.3, 0.4) is 0 Å². The number of oxazole rings is 1. The van der Waals surface area contributed by atoms with Crippen LogP contribution in [0.4, 0.5) is 0 Å². The van der Waals surface area contributed by atoms with E-state index in [0.717, 1.165) is 54.7 Å². The van der Waals surface area contributed by atoms with E-state index in [9.17, 15) is 5.11 Å².